The van der Waals surface area contributed by atoms with E-state index >= 15 is 0 Å². The Kier molecular flexibility index (Phi) is 7.55. The van der Waals surface area contributed by atoms with Gasteiger partial charge < -0.3 is 23.6 Å². The van der Waals surface area contributed by atoms with Crippen LogP contribution in [0.2, 0.25) is 0 Å². The van der Waals surface area contributed by atoms with Gasteiger partial charge in [-0.15, -0.1) is 10.2 Å². The Bertz CT molecular complexity index is 1050. The number of aromatic nitrogens is 2. The van der Waals surface area contributed by atoms with Gasteiger partial charge in [-0.3, -0.25) is 10.1 Å². The summed E-state index contributed by atoms with van der Waals surface area (Å²) in [6, 6.07) is 6.02. The Morgan fingerprint density at radius 1 is 1.10 bits per heavy atom. The van der Waals surface area contributed by atoms with Gasteiger partial charge in [-0.2, -0.15) is 0 Å². The molecule has 11 heteroatoms. The number of urea groups is 1. The standard InChI is InChI=1S/C20H22N4O6S/c1-4-27-15-7-6-13(10-16(15)28-5-2)21-19(26)22-17(25)11-31-20-24-23-18(30-20)14-8-9-29-12(14)3/h6-10H,4-5,11H2,1-3H3,(H2,21,22,25,26). The molecule has 0 saturated heterocycles. The third kappa shape index (κ3) is 6.01. The molecule has 10 nitrogen and oxygen atoms in total. The minimum absolute atomic E-state index is 0.0765. The number of carbonyl (C=O) groups excluding carboxylic acids is 2. The predicted molar refractivity (Wildman–Crippen MR) is 113 cm³/mol. The molecule has 0 bridgehead atoms. The number of nitrogens with one attached hydrogen (secondary N) is 2. The molecule has 31 heavy (non-hydrogen) atoms. The van der Waals surface area contributed by atoms with Crippen molar-refractivity contribution in [1.29, 1.82) is 0 Å². The van der Waals surface area contributed by atoms with Crippen molar-refractivity contribution in [2.24, 2.45) is 0 Å². The van der Waals surface area contributed by atoms with Crippen LogP contribution in [0.5, 0.6) is 11.5 Å². The minimum Gasteiger partial charge on any atom is -0.490 e. The van der Waals surface area contributed by atoms with Crippen molar-refractivity contribution in [3.8, 4) is 23.0 Å². The summed E-state index contributed by atoms with van der Waals surface area (Å²) < 4.78 is 21.7. The Hall–Kier alpha value is -3.47. The maximum Gasteiger partial charge on any atom is 0.325 e. The van der Waals surface area contributed by atoms with E-state index in [9.17, 15) is 9.59 Å². The lowest BCUT2D eigenvalue weighted by molar-refractivity contribution is -0.117. The number of anilines is 1. The van der Waals surface area contributed by atoms with E-state index in [1.54, 1.807) is 31.2 Å². The Morgan fingerprint density at radius 3 is 2.58 bits per heavy atom. The highest BCUT2D eigenvalue weighted by molar-refractivity contribution is 7.99. The molecule has 164 valence electrons. The molecule has 2 aromatic heterocycles. The molecule has 0 spiro atoms. The molecular formula is C20H22N4O6S. The fraction of sp³-hybridized carbons (Fsp3) is 0.300. The first kappa shape index (κ1) is 22.2. The minimum atomic E-state index is -0.669. The van der Waals surface area contributed by atoms with E-state index in [0.717, 1.165) is 11.8 Å². The molecule has 1 aromatic carbocycles. The van der Waals surface area contributed by atoms with Gasteiger partial charge in [-0.1, -0.05) is 11.8 Å². The lowest BCUT2D eigenvalue weighted by Crippen LogP contribution is -2.35. The number of amides is 3. The van der Waals surface area contributed by atoms with Crippen LogP contribution in [0.4, 0.5) is 10.5 Å². The van der Waals surface area contributed by atoms with E-state index in [-0.39, 0.29) is 11.0 Å². The maximum atomic E-state index is 12.1. The summed E-state index contributed by atoms with van der Waals surface area (Å²) in [4.78, 5) is 24.2. The van der Waals surface area contributed by atoms with Crippen LogP contribution in [0.1, 0.15) is 19.6 Å². The van der Waals surface area contributed by atoms with Gasteiger partial charge in [-0.25, -0.2) is 4.79 Å². The van der Waals surface area contributed by atoms with Crippen molar-refractivity contribution in [3.05, 3.63) is 36.3 Å². The second kappa shape index (κ2) is 10.5. The third-order valence-electron chi connectivity index (χ3n) is 3.88. The number of rotatable bonds is 9. The van der Waals surface area contributed by atoms with Gasteiger partial charge in [0.25, 0.3) is 11.1 Å². The molecule has 0 fully saturated rings. The van der Waals surface area contributed by atoms with Crippen LogP contribution in [0.3, 0.4) is 0 Å². The summed E-state index contributed by atoms with van der Waals surface area (Å²) in [7, 11) is 0. The fourth-order valence-electron chi connectivity index (χ4n) is 2.56. The second-order valence-electron chi connectivity index (χ2n) is 6.08. The van der Waals surface area contributed by atoms with Gasteiger partial charge in [-0.05, 0) is 39.0 Å². The smallest absolute Gasteiger partial charge is 0.325 e. The Labute approximate surface area is 182 Å². The van der Waals surface area contributed by atoms with E-state index in [1.807, 2.05) is 13.8 Å². The molecule has 3 rings (SSSR count). The monoisotopic (exact) mass is 446 g/mol. The van der Waals surface area contributed by atoms with E-state index in [1.165, 1.54) is 6.26 Å². The van der Waals surface area contributed by atoms with E-state index in [2.05, 4.69) is 20.8 Å². The normalized spacial score (nSPS) is 10.5. The first-order valence-corrected chi connectivity index (χ1v) is 10.5. The maximum absolute atomic E-state index is 12.1. The first-order chi connectivity index (χ1) is 15.0. The van der Waals surface area contributed by atoms with Crippen LogP contribution in [-0.4, -0.2) is 41.1 Å². The predicted octanol–water partition coefficient (Wildman–Crippen LogP) is 3.88. The topological polar surface area (TPSA) is 129 Å². The van der Waals surface area contributed by atoms with Crippen LogP contribution < -0.4 is 20.1 Å². The van der Waals surface area contributed by atoms with Crippen molar-refractivity contribution in [2.45, 2.75) is 26.0 Å². The van der Waals surface area contributed by atoms with Gasteiger partial charge in [0.05, 0.1) is 30.8 Å². The molecule has 0 saturated carbocycles. The van der Waals surface area contributed by atoms with Crippen molar-refractivity contribution < 1.29 is 27.9 Å². The fourth-order valence-corrected chi connectivity index (χ4v) is 3.13. The van der Waals surface area contributed by atoms with Crippen LogP contribution in [0, 0.1) is 6.92 Å². The molecule has 0 aliphatic heterocycles. The molecule has 3 amide bonds. The number of aryl methyl sites for hydroxylation is 1. The van der Waals surface area contributed by atoms with Crippen LogP contribution in [0.25, 0.3) is 11.5 Å². The highest BCUT2D eigenvalue weighted by atomic mass is 32.2. The van der Waals surface area contributed by atoms with E-state index in [4.69, 9.17) is 18.3 Å². The first-order valence-electron chi connectivity index (χ1n) is 9.51. The van der Waals surface area contributed by atoms with Crippen molar-refractivity contribution in [3.63, 3.8) is 0 Å². The van der Waals surface area contributed by atoms with Gasteiger partial charge in [0.2, 0.25) is 5.91 Å². The highest BCUT2D eigenvalue weighted by Crippen LogP contribution is 2.30. The average Bonchev–Trinajstić information content (AvgIpc) is 3.37. The van der Waals surface area contributed by atoms with Gasteiger partial charge in [0.1, 0.15) is 5.76 Å². The van der Waals surface area contributed by atoms with Crippen LogP contribution in [-0.2, 0) is 4.79 Å². The zero-order valence-electron chi connectivity index (χ0n) is 17.3. The molecule has 0 aliphatic carbocycles. The molecular weight excluding hydrogens is 424 g/mol. The zero-order chi connectivity index (χ0) is 22.2. The zero-order valence-corrected chi connectivity index (χ0v) is 18.1. The molecule has 2 N–H and O–H groups in total. The van der Waals surface area contributed by atoms with Crippen LogP contribution in [0.15, 0.2) is 44.6 Å². The SMILES string of the molecule is CCOc1ccc(NC(=O)NC(=O)CSc2nnc(-c3ccoc3C)o2)cc1OCC. The summed E-state index contributed by atoms with van der Waals surface area (Å²) in [5.74, 6) is 1.44. The number of imide groups is 1. The molecule has 0 aliphatic rings. The van der Waals surface area contributed by atoms with E-state index < -0.39 is 11.9 Å². The Morgan fingerprint density at radius 2 is 1.87 bits per heavy atom. The number of hydrogen-bond donors (Lipinski definition) is 2. The number of nitrogens with zero attached hydrogens (tertiary/aromatic N) is 2. The third-order valence-corrected chi connectivity index (χ3v) is 4.70. The number of ether oxygens (including phenoxy) is 2. The molecule has 3 aromatic rings. The summed E-state index contributed by atoms with van der Waals surface area (Å²) in [6.07, 6.45) is 1.52. The van der Waals surface area contributed by atoms with Crippen molar-refractivity contribution in [1.82, 2.24) is 15.5 Å². The lowest BCUT2D eigenvalue weighted by atomic mass is 10.2. The summed E-state index contributed by atoms with van der Waals surface area (Å²) >= 11 is 1.02. The number of thioether (sulfide) groups is 1. The van der Waals surface area contributed by atoms with Gasteiger partial charge in [0, 0.05) is 11.8 Å². The number of carbonyl (C=O) groups is 2. The summed E-state index contributed by atoms with van der Waals surface area (Å²) in [5.41, 5.74) is 1.15. The number of furan rings is 1. The van der Waals surface area contributed by atoms with Crippen molar-refractivity contribution >= 4 is 29.4 Å². The van der Waals surface area contributed by atoms with E-state index in [0.29, 0.717) is 47.6 Å². The number of hydrogen-bond acceptors (Lipinski definition) is 9. The second-order valence-corrected chi connectivity index (χ2v) is 7.01. The molecule has 0 radical (unpaired) electrons. The van der Waals surface area contributed by atoms with Gasteiger partial charge >= 0.3 is 6.03 Å². The average molecular weight is 446 g/mol. The van der Waals surface area contributed by atoms with Crippen LogP contribution >= 0.6 is 11.8 Å². The summed E-state index contributed by atoms with van der Waals surface area (Å²) in [5, 5.41) is 12.9. The molecule has 2 heterocycles. The van der Waals surface area contributed by atoms with Crippen molar-refractivity contribution in [2.75, 3.05) is 24.3 Å². The van der Waals surface area contributed by atoms with Gasteiger partial charge in [0.15, 0.2) is 11.5 Å². The highest BCUT2D eigenvalue weighted by Gasteiger charge is 2.16. The Balaban J connectivity index is 1.51. The largest absolute Gasteiger partial charge is 0.490 e. The molecule has 0 atom stereocenters. The molecule has 0 unspecified atom stereocenters. The quantitative estimate of drug-likeness (QED) is 0.470. The summed E-state index contributed by atoms with van der Waals surface area (Å²) in [6.45, 7) is 6.43. The number of benzene rings is 1. The lowest BCUT2D eigenvalue weighted by Gasteiger charge is -2.13.